The van der Waals surface area contributed by atoms with Crippen molar-refractivity contribution < 1.29 is 0 Å². The van der Waals surface area contributed by atoms with Crippen molar-refractivity contribution in [2.24, 2.45) is 0 Å². The second-order valence-corrected chi connectivity index (χ2v) is 11.8. The maximum atomic E-state index is 2.23. The van der Waals surface area contributed by atoms with Crippen molar-refractivity contribution in [3.8, 4) is 0 Å². The monoisotopic (exact) mass is 597 g/mol. The van der Waals surface area contributed by atoms with Crippen LogP contribution >= 0.6 is 0 Å². The number of hydrogen-bond donors (Lipinski definition) is 0. The Balaban J connectivity index is 0. The Morgan fingerprint density at radius 1 is 0.250 bits per heavy atom. The Morgan fingerprint density at radius 2 is 0.364 bits per heavy atom. The average Bonchev–Trinajstić information content (AvgIpc) is 3.02. The summed E-state index contributed by atoms with van der Waals surface area (Å²) < 4.78 is 0. The Labute approximate surface area is 275 Å². The lowest BCUT2D eigenvalue weighted by Gasteiger charge is -1.93. The molecule has 0 aliphatic carbocycles. The molecule has 0 atom stereocenters. The third kappa shape index (κ3) is 25.4. The van der Waals surface area contributed by atoms with Gasteiger partial charge in [-0.15, -0.1) is 0 Å². The van der Waals surface area contributed by atoms with E-state index in [0.29, 0.717) is 0 Å². The third-order valence-electron chi connectivity index (χ3n) is 7.62. The van der Waals surface area contributed by atoms with Crippen LogP contribution in [0.4, 0.5) is 0 Å². The smallest absolute Gasteiger partial charge is 0.0395 e. The van der Waals surface area contributed by atoms with Crippen molar-refractivity contribution in [3.63, 3.8) is 0 Å². The summed E-state index contributed by atoms with van der Waals surface area (Å²) in [4.78, 5) is 0. The van der Waals surface area contributed by atoms with Crippen LogP contribution in [0, 0.1) is 55.4 Å². The van der Waals surface area contributed by atoms with Gasteiger partial charge in [-0.3, -0.25) is 0 Å². The molecule has 244 valence electrons. The standard InChI is InChI=1S/4C8H10.2C6H14/c4*1-7-5-3-4-6-8(7)2;2*1-3-5-6-4-2/h4*3-6H,1-2H3;2*3-6H2,1-2H3. The van der Waals surface area contributed by atoms with Crippen LogP contribution in [-0.2, 0) is 0 Å². The molecule has 44 heavy (non-hydrogen) atoms. The molecule has 0 aromatic heterocycles. The summed E-state index contributed by atoms with van der Waals surface area (Å²) in [5.74, 6) is 0. The van der Waals surface area contributed by atoms with Crippen molar-refractivity contribution in [1.29, 1.82) is 0 Å². The van der Waals surface area contributed by atoms with Gasteiger partial charge in [0.15, 0.2) is 0 Å². The summed E-state index contributed by atoms with van der Waals surface area (Å²) in [5.41, 5.74) is 10.9. The fraction of sp³-hybridized carbons (Fsp3) is 0.455. The van der Waals surface area contributed by atoms with Gasteiger partial charge >= 0.3 is 0 Å². The van der Waals surface area contributed by atoms with Crippen LogP contribution in [0.3, 0.4) is 0 Å². The quantitative estimate of drug-likeness (QED) is 0.194. The number of benzene rings is 4. The summed E-state index contributed by atoms with van der Waals surface area (Å²) in [6.45, 7) is 25.9. The largest absolute Gasteiger partial charge is 0.0654 e. The lowest BCUT2D eigenvalue weighted by Crippen LogP contribution is -1.74. The highest BCUT2D eigenvalue weighted by Crippen LogP contribution is 2.05. The molecule has 0 heterocycles. The van der Waals surface area contributed by atoms with E-state index in [9.17, 15) is 0 Å². The van der Waals surface area contributed by atoms with Crippen LogP contribution in [0.1, 0.15) is 124 Å². The molecule has 0 N–H and O–H groups in total. The normalized spacial score (nSPS) is 9.18. The maximum Gasteiger partial charge on any atom is -0.0395 e. The van der Waals surface area contributed by atoms with Gasteiger partial charge in [0.05, 0.1) is 0 Å². The number of hydrogen-bond acceptors (Lipinski definition) is 0. The number of unbranched alkanes of at least 4 members (excludes halogenated alkanes) is 6. The first-order valence-electron chi connectivity index (χ1n) is 17.1. The first-order valence-corrected chi connectivity index (χ1v) is 17.1. The van der Waals surface area contributed by atoms with Gasteiger partial charge in [0.25, 0.3) is 0 Å². The predicted molar refractivity (Wildman–Crippen MR) is 203 cm³/mol. The summed E-state index contributed by atoms with van der Waals surface area (Å²) in [6, 6.07) is 33.4. The van der Waals surface area contributed by atoms with Gasteiger partial charge in [0.1, 0.15) is 0 Å². The Bertz CT molecular complexity index is 910. The van der Waals surface area contributed by atoms with E-state index in [-0.39, 0.29) is 0 Å². The molecular weight excluding hydrogens is 528 g/mol. The van der Waals surface area contributed by atoms with E-state index in [4.69, 9.17) is 0 Å². The summed E-state index contributed by atoms with van der Waals surface area (Å²) in [5, 5.41) is 0. The first-order chi connectivity index (χ1) is 21.0. The minimum Gasteiger partial charge on any atom is -0.0654 e. The molecule has 4 aromatic rings. The van der Waals surface area contributed by atoms with Crippen molar-refractivity contribution >= 4 is 0 Å². The highest BCUT2D eigenvalue weighted by Gasteiger charge is 1.86. The van der Waals surface area contributed by atoms with Crippen molar-refractivity contribution in [1.82, 2.24) is 0 Å². The molecule has 0 aliphatic rings. The zero-order valence-electron chi connectivity index (χ0n) is 30.9. The van der Waals surface area contributed by atoms with Gasteiger partial charge in [-0.25, -0.2) is 0 Å². The van der Waals surface area contributed by atoms with Gasteiger partial charge in [0.2, 0.25) is 0 Å². The molecule has 0 heteroatoms. The van der Waals surface area contributed by atoms with E-state index in [0.717, 1.165) is 0 Å². The maximum absolute atomic E-state index is 2.23. The van der Waals surface area contributed by atoms with E-state index in [1.54, 1.807) is 0 Å². The predicted octanol–water partition coefficient (Wildman–Crippen LogP) is 14.4. The number of aryl methyl sites for hydroxylation is 8. The molecule has 0 spiro atoms. The Hall–Kier alpha value is -3.12. The van der Waals surface area contributed by atoms with Crippen LogP contribution < -0.4 is 0 Å². The van der Waals surface area contributed by atoms with Gasteiger partial charge < -0.3 is 0 Å². The molecule has 0 radical (unpaired) electrons. The molecule has 4 rings (SSSR count). The molecule has 4 aromatic carbocycles. The lowest BCUT2D eigenvalue weighted by atomic mass is 10.1. The van der Waals surface area contributed by atoms with E-state index < -0.39 is 0 Å². The van der Waals surface area contributed by atoms with E-state index in [1.807, 2.05) is 0 Å². The SMILES string of the molecule is CCCCCC.CCCCCC.Cc1ccccc1C.Cc1ccccc1C.Cc1ccccc1C.Cc1ccccc1C. The molecule has 0 fully saturated rings. The summed E-state index contributed by atoms with van der Waals surface area (Å²) >= 11 is 0. The highest BCUT2D eigenvalue weighted by atomic mass is 13.9. The van der Waals surface area contributed by atoms with Gasteiger partial charge in [0, 0.05) is 0 Å². The molecule has 0 saturated heterocycles. The molecule has 0 aliphatic heterocycles. The van der Waals surface area contributed by atoms with Crippen LogP contribution in [0.5, 0.6) is 0 Å². The molecule has 0 saturated carbocycles. The fourth-order valence-electron chi connectivity index (χ4n) is 3.65. The number of rotatable bonds is 6. The van der Waals surface area contributed by atoms with Crippen molar-refractivity contribution in [2.75, 3.05) is 0 Å². The molecule has 0 unspecified atom stereocenters. The van der Waals surface area contributed by atoms with Gasteiger partial charge in [-0.1, -0.05) is 176 Å². The van der Waals surface area contributed by atoms with Crippen molar-refractivity contribution in [3.05, 3.63) is 142 Å². The molecular formula is C44H68. The Morgan fingerprint density at radius 3 is 0.432 bits per heavy atom. The highest BCUT2D eigenvalue weighted by molar-refractivity contribution is 5.25. The van der Waals surface area contributed by atoms with E-state index >= 15 is 0 Å². The first kappa shape index (κ1) is 43.0. The van der Waals surface area contributed by atoms with Crippen LogP contribution in [0.25, 0.3) is 0 Å². The minimum atomic E-state index is 1.36. The molecule has 0 bridgehead atoms. The average molecular weight is 597 g/mol. The zero-order valence-corrected chi connectivity index (χ0v) is 30.9. The van der Waals surface area contributed by atoms with Gasteiger partial charge in [-0.05, 0) is 99.9 Å². The van der Waals surface area contributed by atoms with Crippen LogP contribution in [0.2, 0.25) is 0 Å². The second kappa shape index (κ2) is 29.9. The van der Waals surface area contributed by atoms with E-state index in [1.165, 1.54) is 95.9 Å². The lowest BCUT2D eigenvalue weighted by molar-refractivity contribution is 0.702. The topological polar surface area (TPSA) is 0 Å². The summed E-state index contributed by atoms with van der Waals surface area (Å²) in [7, 11) is 0. The third-order valence-corrected chi connectivity index (χ3v) is 7.62. The fourth-order valence-corrected chi connectivity index (χ4v) is 3.65. The Kier molecular flexibility index (Phi) is 29.3. The second-order valence-electron chi connectivity index (χ2n) is 11.8. The van der Waals surface area contributed by atoms with Crippen molar-refractivity contribution in [2.45, 2.75) is 134 Å². The van der Waals surface area contributed by atoms with Crippen LogP contribution in [-0.4, -0.2) is 0 Å². The van der Waals surface area contributed by atoms with Crippen LogP contribution in [0.15, 0.2) is 97.1 Å². The molecule has 0 nitrogen and oxygen atoms in total. The zero-order chi connectivity index (χ0) is 33.6. The van der Waals surface area contributed by atoms with E-state index in [2.05, 4.69) is 180 Å². The molecule has 0 amide bonds. The van der Waals surface area contributed by atoms with Gasteiger partial charge in [-0.2, -0.15) is 0 Å². The minimum absolute atomic E-state index is 1.36. The summed E-state index contributed by atoms with van der Waals surface area (Å²) in [6.07, 6.45) is 11.1.